The number of aliphatic hydroxyl groups is 2. The van der Waals surface area contributed by atoms with Crippen molar-refractivity contribution < 1.29 is 14.9 Å². The van der Waals surface area contributed by atoms with E-state index in [0.717, 1.165) is 0 Å². The molecule has 0 unspecified atom stereocenters. The first-order valence-corrected chi connectivity index (χ1v) is 2.59. The maximum atomic E-state index is 8.21. The van der Waals surface area contributed by atoms with E-state index in [4.69, 9.17) is 10.2 Å². The minimum atomic E-state index is -0.255. The summed E-state index contributed by atoms with van der Waals surface area (Å²) in [5.41, 5.74) is 0. The van der Waals surface area contributed by atoms with Crippen LogP contribution in [0.3, 0.4) is 0 Å². The summed E-state index contributed by atoms with van der Waals surface area (Å²) < 4.78 is 4.57. The fourth-order valence-corrected chi connectivity index (χ4v) is 0.288. The fourth-order valence-electron chi connectivity index (χ4n) is 0.205. The van der Waals surface area contributed by atoms with Crippen LogP contribution >= 0.6 is 12.2 Å². The van der Waals surface area contributed by atoms with Crippen molar-refractivity contribution in [2.24, 2.45) is 0 Å². The van der Waals surface area contributed by atoms with Crippen molar-refractivity contribution in [3.05, 3.63) is 0 Å². The Labute approximate surface area is 52.9 Å². The Hall–Kier alpha value is -0.190. The average molecular weight is 136 g/mol. The molecule has 0 aromatic carbocycles. The Morgan fingerprint density at radius 2 is 2.12 bits per heavy atom. The molecule has 0 atom stereocenters. The molecule has 0 heterocycles. The van der Waals surface area contributed by atoms with Crippen LogP contribution in [0.1, 0.15) is 0 Å². The summed E-state index contributed by atoms with van der Waals surface area (Å²) in [6.07, 6.45) is 0. The Morgan fingerprint density at radius 1 is 1.50 bits per heavy atom. The van der Waals surface area contributed by atoms with Crippen LogP contribution in [-0.4, -0.2) is 35.1 Å². The molecule has 0 fully saturated rings. The van der Waals surface area contributed by atoms with E-state index in [1.54, 1.807) is 0 Å². The van der Waals surface area contributed by atoms with E-state index in [-0.39, 0.29) is 24.9 Å². The van der Waals surface area contributed by atoms with E-state index in [1.807, 2.05) is 0 Å². The van der Waals surface area contributed by atoms with Crippen LogP contribution in [0.5, 0.6) is 0 Å². The number of aliphatic hydroxyl groups excluding tert-OH is 2. The lowest BCUT2D eigenvalue weighted by Crippen LogP contribution is -2.09. The van der Waals surface area contributed by atoms with Crippen LogP contribution in [0.25, 0.3) is 0 Å². The molecule has 0 radical (unpaired) electrons. The van der Waals surface area contributed by atoms with Gasteiger partial charge < -0.3 is 14.9 Å². The first kappa shape index (κ1) is 7.81. The second-order valence-electron chi connectivity index (χ2n) is 1.10. The Kier molecular flexibility index (Phi) is 4.84. The van der Waals surface area contributed by atoms with Gasteiger partial charge in [-0.2, -0.15) is 0 Å². The zero-order valence-corrected chi connectivity index (χ0v) is 5.15. The molecule has 0 rings (SSSR count). The van der Waals surface area contributed by atoms with Crippen molar-refractivity contribution in [2.45, 2.75) is 0 Å². The zero-order valence-electron chi connectivity index (χ0n) is 4.33. The molecule has 0 saturated carbocycles. The summed E-state index contributed by atoms with van der Waals surface area (Å²) in [7, 11) is 0. The first-order valence-electron chi connectivity index (χ1n) is 2.18. The van der Waals surface area contributed by atoms with E-state index >= 15 is 0 Å². The maximum Gasteiger partial charge on any atom is 0.185 e. The van der Waals surface area contributed by atoms with Crippen molar-refractivity contribution in [1.82, 2.24) is 0 Å². The van der Waals surface area contributed by atoms with Crippen molar-refractivity contribution in [1.29, 1.82) is 0 Å². The fraction of sp³-hybridized carbons (Fsp3) is 0.750. The first-order chi connectivity index (χ1) is 3.81. The maximum absolute atomic E-state index is 8.21. The highest BCUT2D eigenvalue weighted by Gasteiger charge is 1.90. The molecular weight excluding hydrogens is 128 g/mol. The molecule has 0 saturated heterocycles. The van der Waals surface area contributed by atoms with E-state index in [1.165, 1.54) is 0 Å². The van der Waals surface area contributed by atoms with Crippen molar-refractivity contribution in [3.8, 4) is 0 Å². The van der Waals surface area contributed by atoms with Crippen LogP contribution < -0.4 is 0 Å². The molecule has 48 valence electrons. The lowest BCUT2D eigenvalue weighted by molar-refractivity contribution is 0.184. The van der Waals surface area contributed by atoms with Gasteiger partial charge >= 0.3 is 0 Å². The highest BCUT2D eigenvalue weighted by atomic mass is 32.1. The third kappa shape index (κ3) is 3.98. The largest absolute Gasteiger partial charge is 0.482 e. The van der Waals surface area contributed by atoms with E-state index < -0.39 is 0 Å². The molecule has 3 nitrogen and oxygen atoms in total. The summed E-state index contributed by atoms with van der Waals surface area (Å²) in [5, 5.41) is 16.5. The van der Waals surface area contributed by atoms with Crippen LogP contribution in [0.2, 0.25) is 0 Å². The van der Waals surface area contributed by atoms with E-state index in [2.05, 4.69) is 17.0 Å². The van der Waals surface area contributed by atoms with Crippen molar-refractivity contribution in [3.63, 3.8) is 0 Å². The number of hydrogen-bond donors (Lipinski definition) is 2. The SMILES string of the molecule is OCCOC(=S)CO. The van der Waals surface area contributed by atoms with E-state index in [9.17, 15) is 0 Å². The minimum Gasteiger partial charge on any atom is -0.482 e. The van der Waals surface area contributed by atoms with Crippen LogP contribution in [0, 0.1) is 0 Å². The van der Waals surface area contributed by atoms with Gasteiger partial charge in [0.2, 0.25) is 0 Å². The molecule has 0 amide bonds. The summed E-state index contributed by atoms with van der Waals surface area (Å²) in [5.74, 6) is 0. The van der Waals surface area contributed by atoms with E-state index in [0.29, 0.717) is 0 Å². The lowest BCUT2D eigenvalue weighted by Gasteiger charge is -1.99. The molecule has 4 heteroatoms. The predicted octanol–water partition coefficient (Wildman–Crippen LogP) is -0.685. The van der Waals surface area contributed by atoms with Gasteiger partial charge in [-0.25, -0.2) is 0 Å². The van der Waals surface area contributed by atoms with Crippen LogP contribution in [0.15, 0.2) is 0 Å². The summed E-state index contributed by atoms with van der Waals surface area (Å²) in [6.45, 7) is -0.158. The van der Waals surface area contributed by atoms with Gasteiger partial charge in [0.1, 0.15) is 13.2 Å². The Balaban J connectivity index is 2.99. The Bertz CT molecular complexity index is 73.7. The quantitative estimate of drug-likeness (QED) is 0.504. The van der Waals surface area contributed by atoms with Crippen LogP contribution in [0.4, 0.5) is 0 Å². The van der Waals surface area contributed by atoms with Gasteiger partial charge in [0.05, 0.1) is 6.61 Å². The zero-order chi connectivity index (χ0) is 6.41. The smallest absolute Gasteiger partial charge is 0.185 e. The second kappa shape index (κ2) is 4.96. The van der Waals surface area contributed by atoms with Gasteiger partial charge in [-0.15, -0.1) is 0 Å². The molecule has 0 aromatic rings. The Morgan fingerprint density at radius 3 is 2.50 bits per heavy atom. The summed E-state index contributed by atoms with van der Waals surface area (Å²) in [6, 6.07) is 0. The van der Waals surface area contributed by atoms with Gasteiger partial charge in [-0.3, -0.25) is 0 Å². The van der Waals surface area contributed by atoms with Gasteiger partial charge in [-0.1, -0.05) is 0 Å². The van der Waals surface area contributed by atoms with Crippen molar-refractivity contribution in [2.75, 3.05) is 19.8 Å². The molecule has 0 aliphatic rings. The molecule has 0 aliphatic heterocycles. The monoisotopic (exact) mass is 136 g/mol. The third-order valence-electron chi connectivity index (χ3n) is 0.483. The molecular formula is C4H8O3S. The van der Waals surface area contributed by atoms with Gasteiger partial charge in [0.15, 0.2) is 5.05 Å². The summed E-state index contributed by atoms with van der Waals surface area (Å²) >= 11 is 4.44. The number of thiocarbonyl (C=S) groups is 1. The molecule has 0 spiro atoms. The molecule has 8 heavy (non-hydrogen) atoms. The minimum absolute atomic E-state index is 0.0693. The standard InChI is InChI=1S/C4H8O3S/c5-1-2-7-4(8)3-6/h5-6H,1-3H2. The number of ether oxygens (including phenoxy) is 1. The third-order valence-corrected chi connectivity index (χ3v) is 0.730. The van der Waals surface area contributed by atoms with Crippen LogP contribution in [-0.2, 0) is 4.74 Å². The molecule has 0 aliphatic carbocycles. The molecule has 0 aromatic heterocycles. The highest BCUT2D eigenvalue weighted by molar-refractivity contribution is 7.80. The predicted molar refractivity (Wildman–Crippen MR) is 32.7 cm³/mol. The van der Waals surface area contributed by atoms with Gasteiger partial charge in [-0.05, 0) is 12.2 Å². The van der Waals surface area contributed by atoms with Crippen molar-refractivity contribution >= 4 is 17.3 Å². The van der Waals surface area contributed by atoms with Gasteiger partial charge in [0, 0.05) is 0 Å². The topological polar surface area (TPSA) is 49.7 Å². The molecule has 0 bridgehead atoms. The number of hydrogen-bond acceptors (Lipinski definition) is 4. The second-order valence-corrected chi connectivity index (χ2v) is 1.56. The number of rotatable bonds is 3. The summed E-state index contributed by atoms with van der Waals surface area (Å²) in [4.78, 5) is 0. The van der Waals surface area contributed by atoms with Gasteiger partial charge in [0.25, 0.3) is 0 Å². The normalized spacial score (nSPS) is 8.75. The highest BCUT2D eigenvalue weighted by Crippen LogP contribution is 1.78. The molecule has 2 N–H and O–H groups in total. The lowest BCUT2D eigenvalue weighted by atomic mass is 10.7. The average Bonchev–Trinajstić information content (AvgIpc) is 1.83.